The van der Waals surface area contributed by atoms with Crippen molar-refractivity contribution in [3.05, 3.63) is 58.6 Å². The summed E-state index contributed by atoms with van der Waals surface area (Å²) in [4.78, 5) is 23.6. The predicted molar refractivity (Wildman–Crippen MR) is 96.1 cm³/mol. The Bertz CT molecular complexity index is 756. The Morgan fingerprint density at radius 3 is 2.21 bits per heavy atom. The standard InChI is InChI=1S/C17H16BrN3O3/c1-11(12-3-5-13(18)6-4-12)20-21-17(23)16(22)19-14-7-9-15(24-2)10-8-14/h3-10H,1-2H3,(H,19,22)(H,21,23). The highest BCUT2D eigenvalue weighted by Crippen LogP contribution is 2.14. The molecule has 0 fully saturated rings. The van der Waals surface area contributed by atoms with Crippen molar-refractivity contribution in [2.45, 2.75) is 6.92 Å². The number of benzene rings is 2. The third-order valence-corrected chi connectivity index (χ3v) is 3.67. The normalized spacial score (nSPS) is 10.9. The maximum absolute atomic E-state index is 11.8. The van der Waals surface area contributed by atoms with Gasteiger partial charge in [-0.25, -0.2) is 5.43 Å². The third-order valence-electron chi connectivity index (χ3n) is 3.14. The zero-order chi connectivity index (χ0) is 17.5. The first-order valence-electron chi connectivity index (χ1n) is 7.05. The number of ether oxygens (including phenoxy) is 1. The van der Waals surface area contributed by atoms with Crippen LogP contribution in [0, 0.1) is 0 Å². The minimum Gasteiger partial charge on any atom is -0.497 e. The van der Waals surface area contributed by atoms with Crippen LogP contribution in [0.1, 0.15) is 12.5 Å². The average molecular weight is 390 g/mol. The van der Waals surface area contributed by atoms with E-state index in [9.17, 15) is 9.59 Å². The van der Waals surface area contributed by atoms with E-state index in [0.29, 0.717) is 17.1 Å². The van der Waals surface area contributed by atoms with Gasteiger partial charge in [0.15, 0.2) is 0 Å². The van der Waals surface area contributed by atoms with Crippen molar-refractivity contribution in [3.63, 3.8) is 0 Å². The maximum atomic E-state index is 11.8. The van der Waals surface area contributed by atoms with E-state index < -0.39 is 11.8 Å². The van der Waals surface area contributed by atoms with E-state index in [2.05, 4.69) is 31.8 Å². The Hall–Kier alpha value is -2.67. The molecular formula is C17H16BrN3O3. The van der Waals surface area contributed by atoms with Gasteiger partial charge in [0.05, 0.1) is 12.8 Å². The van der Waals surface area contributed by atoms with Crippen molar-refractivity contribution in [2.24, 2.45) is 5.10 Å². The molecule has 0 atom stereocenters. The Labute approximate surface area is 148 Å². The molecule has 0 unspecified atom stereocenters. The van der Waals surface area contributed by atoms with E-state index in [4.69, 9.17) is 4.74 Å². The first-order chi connectivity index (χ1) is 11.5. The highest BCUT2D eigenvalue weighted by atomic mass is 79.9. The monoisotopic (exact) mass is 389 g/mol. The summed E-state index contributed by atoms with van der Waals surface area (Å²) in [5, 5.41) is 6.42. The van der Waals surface area contributed by atoms with Gasteiger partial charge in [0.2, 0.25) is 0 Å². The molecule has 0 bridgehead atoms. The van der Waals surface area contributed by atoms with E-state index in [-0.39, 0.29) is 0 Å². The van der Waals surface area contributed by atoms with Crippen LogP contribution >= 0.6 is 15.9 Å². The minimum atomic E-state index is -0.845. The summed E-state index contributed by atoms with van der Waals surface area (Å²) in [6, 6.07) is 14.1. The Kier molecular flexibility index (Phi) is 6.08. The number of nitrogens with zero attached hydrogens (tertiary/aromatic N) is 1. The lowest BCUT2D eigenvalue weighted by atomic mass is 10.1. The number of amides is 2. The molecule has 0 aromatic heterocycles. The number of hydrogen-bond donors (Lipinski definition) is 2. The molecule has 0 radical (unpaired) electrons. The quantitative estimate of drug-likeness (QED) is 0.479. The fraction of sp³-hybridized carbons (Fsp3) is 0.118. The lowest BCUT2D eigenvalue weighted by Crippen LogP contribution is -2.32. The van der Waals surface area contributed by atoms with Gasteiger partial charge in [0, 0.05) is 10.2 Å². The number of anilines is 1. The Morgan fingerprint density at radius 1 is 1.00 bits per heavy atom. The van der Waals surface area contributed by atoms with Gasteiger partial charge in [0.25, 0.3) is 0 Å². The second-order valence-corrected chi connectivity index (χ2v) is 5.74. The summed E-state index contributed by atoms with van der Waals surface area (Å²) in [6.07, 6.45) is 0. The molecule has 2 N–H and O–H groups in total. The molecule has 0 saturated carbocycles. The molecule has 0 heterocycles. The molecule has 0 aliphatic heterocycles. The van der Waals surface area contributed by atoms with E-state index in [1.54, 1.807) is 38.3 Å². The summed E-state index contributed by atoms with van der Waals surface area (Å²) < 4.78 is 5.97. The lowest BCUT2D eigenvalue weighted by Gasteiger charge is -2.06. The Morgan fingerprint density at radius 2 is 1.62 bits per heavy atom. The zero-order valence-electron chi connectivity index (χ0n) is 13.2. The van der Waals surface area contributed by atoms with Gasteiger partial charge in [-0.05, 0) is 48.9 Å². The molecule has 24 heavy (non-hydrogen) atoms. The molecule has 7 heteroatoms. The third kappa shape index (κ3) is 4.92. The van der Waals surface area contributed by atoms with Crippen LogP contribution < -0.4 is 15.5 Å². The van der Waals surface area contributed by atoms with Gasteiger partial charge in [0.1, 0.15) is 5.75 Å². The summed E-state index contributed by atoms with van der Waals surface area (Å²) in [5.41, 5.74) is 4.16. The highest BCUT2D eigenvalue weighted by molar-refractivity contribution is 9.10. The van der Waals surface area contributed by atoms with Crippen molar-refractivity contribution in [2.75, 3.05) is 12.4 Å². The number of methoxy groups -OCH3 is 1. The summed E-state index contributed by atoms with van der Waals surface area (Å²) >= 11 is 3.35. The molecule has 124 valence electrons. The first-order valence-corrected chi connectivity index (χ1v) is 7.84. The second kappa shape index (κ2) is 8.26. The lowest BCUT2D eigenvalue weighted by molar-refractivity contribution is -0.136. The topological polar surface area (TPSA) is 79.8 Å². The molecule has 0 saturated heterocycles. The van der Waals surface area contributed by atoms with Gasteiger partial charge < -0.3 is 10.1 Å². The number of carbonyl (C=O) groups excluding carboxylic acids is 2. The molecule has 0 aliphatic rings. The van der Waals surface area contributed by atoms with Crippen molar-refractivity contribution in [1.29, 1.82) is 0 Å². The smallest absolute Gasteiger partial charge is 0.329 e. The molecular weight excluding hydrogens is 374 g/mol. The number of hydrazone groups is 1. The van der Waals surface area contributed by atoms with Crippen molar-refractivity contribution >= 4 is 39.1 Å². The van der Waals surface area contributed by atoms with Crippen LogP contribution in [0.4, 0.5) is 5.69 Å². The molecule has 6 nitrogen and oxygen atoms in total. The molecule has 0 spiro atoms. The maximum Gasteiger partial charge on any atom is 0.329 e. The number of nitrogens with one attached hydrogen (secondary N) is 2. The van der Waals surface area contributed by atoms with E-state index in [1.165, 1.54) is 0 Å². The van der Waals surface area contributed by atoms with Crippen LogP contribution in [0.15, 0.2) is 58.1 Å². The fourth-order valence-corrected chi connectivity index (χ4v) is 2.07. The van der Waals surface area contributed by atoms with Crippen LogP contribution in [0.2, 0.25) is 0 Å². The van der Waals surface area contributed by atoms with Crippen LogP contribution in [0.25, 0.3) is 0 Å². The van der Waals surface area contributed by atoms with E-state index in [0.717, 1.165) is 10.0 Å². The van der Waals surface area contributed by atoms with E-state index >= 15 is 0 Å². The van der Waals surface area contributed by atoms with Crippen LogP contribution in [-0.4, -0.2) is 24.6 Å². The Balaban J connectivity index is 1.94. The SMILES string of the molecule is COc1ccc(NC(=O)C(=O)NN=C(C)c2ccc(Br)cc2)cc1. The van der Waals surface area contributed by atoms with Gasteiger partial charge in [-0.15, -0.1) is 0 Å². The number of hydrogen-bond acceptors (Lipinski definition) is 4. The van der Waals surface area contributed by atoms with Crippen LogP contribution in [0.3, 0.4) is 0 Å². The molecule has 2 aromatic rings. The molecule has 2 rings (SSSR count). The van der Waals surface area contributed by atoms with Crippen LogP contribution in [-0.2, 0) is 9.59 Å². The predicted octanol–water partition coefficient (Wildman–Crippen LogP) is 2.94. The van der Waals surface area contributed by atoms with Crippen molar-refractivity contribution < 1.29 is 14.3 Å². The van der Waals surface area contributed by atoms with Gasteiger partial charge >= 0.3 is 11.8 Å². The number of rotatable bonds is 4. The first kappa shape index (κ1) is 17.7. The van der Waals surface area contributed by atoms with E-state index in [1.807, 2.05) is 24.3 Å². The van der Waals surface area contributed by atoms with Gasteiger partial charge in [-0.1, -0.05) is 28.1 Å². The molecule has 2 amide bonds. The summed E-state index contributed by atoms with van der Waals surface area (Å²) in [6.45, 7) is 1.74. The van der Waals surface area contributed by atoms with Crippen molar-refractivity contribution in [1.82, 2.24) is 5.43 Å². The summed E-state index contributed by atoms with van der Waals surface area (Å²) in [7, 11) is 1.55. The largest absolute Gasteiger partial charge is 0.497 e. The van der Waals surface area contributed by atoms with Gasteiger partial charge in [-0.2, -0.15) is 5.10 Å². The van der Waals surface area contributed by atoms with Gasteiger partial charge in [-0.3, -0.25) is 9.59 Å². The number of carbonyl (C=O) groups is 2. The zero-order valence-corrected chi connectivity index (χ0v) is 14.8. The van der Waals surface area contributed by atoms with Crippen molar-refractivity contribution in [3.8, 4) is 5.75 Å². The van der Waals surface area contributed by atoms with Crippen LogP contribution in [0.5, 0.6) is 5.75 Å². The second-order valence-electron chi connectivity index (χ2n) is 4.83. The fourth-order valence-electron chi connectivity index (χ4n) is 1.80. The molecule has 2 aromatic carbocycles. The number of halogens is 1. The minimum absolute atomic E-state index is 0.490. The summed E-state index contributed by atoms with van der Waals surface area (Å²) in [5.74, 6) is -0.984. The molecule has 0 aliphatic carbocycles. The average Bonchev–Trinajstić information content (AvgIpc) is 2.60. The highest BCUT2D eigenvalue weighted by Gasteiger charge is 2.13.